The van der Waals surface area contributed by atoms with E-state index in [1.54, 1.807) is 7.11 Å². The maximum atomic E-state index is 5.01. The Morgan fingerprint density at radius 3 is 2.37 bits per heavy atom. The summed E-state index contributed by atoms with van der Waals surface area (Å²) in [5.74, 6) is 0.896. The lowest BCUT2D eigenvalue weighted by molar-refractivity contribution is 0.195. The second kappa shape index (κ2) is 12.9. The van der Waals surface area contributed by atoms with Gasteiger partial charge in [0.25, 0.3) is 0 Å². The number of rotatable bonds is 8. The van der Waals surface area contributed by atoms with Crippen LogP contribution in [-0.2, 0) is 4.74 Å². The summed E-state index contributed by atoms with van der Waals surface area (Å²) in [7, 11) is 3.54. The number of hydrogen-bond donors (Lipinski definition) is 2. The molecule has 6 heteroatoms. The zero-order chi connectivity index (χ0) is 13.1. The number of hydrogen-bond acceptors (Lipinski definition) is 3. The molecule has 0 saturated carbocycles. The van der Waals surface area contributed by atoms with Gasteiger partial charge in [0.1, 0.15) is 0 Å². The van der Waals surface area contributed by atoms with E-state index < -0.39 is 0 Å². The second-order valence-electron chi connectivity index (χ2n) is 4.67. The van der Waals surface area contributed by atoms with Crippen molar-refractivity contribution in [3.05, 3.63) is 0 Å². The molecule has 0 atom stereocenters. The molecule has 0 aliphatic carbocycles. The Labute approximate surface area is 134 Å². The summed E-state index contributed by atoms with van der Waals surface area (Å²) in [5.41, 5.74) is 0. The molecule has 0 spiro atoms. The lowest BCUT2D eigenvalue weighted by Gasteiger charge is -2.15. The highest BCUT2D eigenvalue weighted by atomic mass is 127. The fourth-order valence-electron chi connectivity index (χ4n) is 2.16. The van der Waals surface area contributed by atoms with Crippen LogP contribution >= 0.6 is 24.0 Å². The van der Waals surface area contributed by atoms with Crippen LogP contribution in [0.25, 0.3) is 0 Å². The van der Waals surface area contributed by atoms with E-state index in [0.29, 0.717) is 0 Å². The maximum Gasteiger partial charge on any atom is 0.190 e. The van der Waals surface area contributed by atoms with Crippen molar-refractivity contribution < 1.29 is 4.74 Å². The Bertz CT molecular complexity index is 233. The standard InChI is InChI=1S/C13H28N4O.HI/c1-14-13(16-8-6-12-18-2)15-7-5-11-17-9-3-4-10-17;/h3-12H2,1-2H3,(H2,14,15,16);1H. The van der Waals surface area contributed by atoms with Crippen LogP contribution in [0.4, 0.5) is 0 Å². The molecule has 1 heterocycles. The van der Waals surface area contributed by atoms with Gasteiger partial charge >= 0.3 is 0 Å². The Morgan fingerprint density at radius 2 is 1.79 bits per heavy atom. The minimum absolute atomic E-state index is 0. The van der Waals surface area contributed by atoms with Crippen LogP contribution in [0.1, 0.15) is 25.7 Å². The average Bonchev–Trinajstić information content (AvgIpc) is 2.90. The fourth-order valence-corrected chi connectivity index (χ4v) is 2.16. The third kappa shape index (κ3) is 9.45. The van der Waals surface area contributed by atoms with Crippen LogP contribution < -0.4 is 10.6 Å². The van der Waals surface area contributed by atoms with E-state index in [-0.39, 0.29) is 24.0 Å². The normalized spacial score (nSPS) is 16.2. The first-order valence-corrected chi connectivity index (χ1v) is 7.02. The third-order valence-corrected chi connectivity index (χ3v) is 3.18. The van der Waals surface area contributed by atoms with Crippen LogP contribution in [0.15, 0.2) is 4.99 Å². The van der Waals surface area contributed by atoms with Gasteiger partial charge in [0, 0.05) is 33.9 Å². The molecule has 5 nitrogen and oxygen atoms in total. The Kier molecular flexibility index (Phi) is 12.9. The monoisotopic (exact) mass is 384 g/mol. The van der Waals surface area contributed by atoms with E-state index in [4.69, 9.17) is 4.74 Å². The van der Waals surface area contributed by atoms with E-state index in [0.717, 1.165) is 32.1 Å². The molecule has 0 unspecified atom stereocenters. The molecular formula is C13H29IN4O. The molecule has 1 aliphatic rings. The van der Waals surface area contributed by atoms with Gasteiger partial charge in [-0.1, -0.05) is 0 Å². The molecule has 1 saturated heterocycles. The van der Waals surface area contributed by atoms with Crippen molar-refractivity contribution in [2.45, 2.75) is 25.7 Å². The summed E-state index contributed by atoms with van der Waals surface area (Å²) < 4.78 is 5.01. The minimum Gasteiger partial charge on any atom is -0.385 e. The van der Waals surface area contributed by atoms with Crippen LogP contribution in [-0.4, -0.2) is 64.3 Å². The predicted molar refractivity (Wildman–Crippen MR) is 91.6 cm³/mol. The summed E-state index contributed by atoms with van der Waals surface area (Å²) in [6.07, 6.45) is 4.93. The molecule has 0 aromatic heterocycles. The number of halogens is 1. The first kappa shape index (κ1) is 18.9. The summed E-state index contributed by atoms with van der Waals surface area (Å²) in [6.45, 7) is 6.45. The highest BCUT2D eigenvalue weighted by Gasteiger charge is 2.10. The molecule has 1 fully saturated rings. The Balaban J connectivity index is 0.00000324. The van der Waals surface area contributed by atoms with E-state index in [1.165, 1.54) is 38.9 Å². The first-order chi connectivity index (χ1) is 8.86. The van der Waals surface area contributed by atoms with Crippen LogP contribution in [0.2, 0.25) is 0 Å². The van der Waals surface area contributed by atoms with Crippen molar-refractivity contribution in [3.63, 3.8) is 0 Å². The molecule has 0 amide bonds. The quantitative estimate of drug-likeness (QED) is 0.287. The van der Waals surface area contributed by atoms with Gasteiger partial charge in [-0.25, -0.2) is 0 Å². The topological polar surface area (TPSA) is 48.9 Å². The van der Waals surface area contributed by atoms with Crippen LogP contribution in [0.5, 0.6) is 0 Å². The number of nitrogens with one attached hydrogen (secondary N) is 2. The van der Waals surface area contributed by atoms with Crippen molar-refractivity contribution in [1.82, 2.24) is 15.5 Å². The maximum absolute atomic E-state index is 5.01. The first-order valence-electron chi connectivity index (χ1n) is 7.02. The van der Waals surface area contributed by atoms with E-state index in [9.17, 15) is 0 Å². The number of likely N-dealkylation sites (tertiary alicyclic amines) is 1. The smallest absolute Gasteiger partial charge is 0.190 e. The predicted octanol–water partition coefficient (Wildman–Crippen LogP) is 1.29. The van der Waals surface area contributed by atoms with Gasteiger partial charge in [-0.3, -0.25) is 4.99 Å². The van der Waals surface area contributed by atoms with E-state index in [1.807, 2.05) is 7.05 Å². The van der Waals surface area contributed by atoms with Crippen LogP contribution in [0, 0.1) is 0 Å². The number of aliphatic imine (C=N–C) groups is 1. The molecule has 0 radical (unpaired) electrons. The molecule has 0 aromatic rings. The third-order valence-electron chi connectivity index (χ3n) is 3.18. The van der Waals surface area contributed by atoms with Crippen molar-refractivity contribution in [2.24, 2.45) is 4.99 Å². The van der Waals surface area contributed by atoms with Crippen molar-refractivity contribution in [3.8, 4) is 0 Å². The van der Waals surface area contributed by atoms with Crippen molar-refractivity contribution in [1.29, 1.82) is 0 Å². The van der Waals surface area contributed by atoms with Gasteiger partial charge in [0.15, 0.2) is 5.96 Å². The summed E-state index contributed by atoms with van der Waals surface area (Å²) in [5, 5.41) is 6.62. The molecule has 0 aromatic carbocycles. The van der Waals surface area contributed by atoms with E-state index in [2.05, 4.69) is 20.5 Å². The van der Waals surface area contributed by atoms with Crippen molar-refractivity contribution >= 4 is 29.9 Å². The summed E-state index contributed by atoms with van der Waals surface area (Å²) >= 11 is 0. The Hall–Kier alpha value is -0.0800. The summed E-state index contributed by atoms with van der Waals surface area (Å²) in [6, 6.07) is 0. The number of nitrogens with zero attached hydrogens (tertiary/aromatic N) is 2. The largest absolute Gasteiger partial charge is 0.385 e. The summed E-state index contributed by atoms with van der Waals surface area (Å²) in [4.78, 5) is 6.73. The van der Waals surface area contributed by atoms with Gasteiger partial charge in [0.2, 0.25) is 0 Å². The molecule has 2 N–H and O–H groups in total. The highest BCUT2D eigenvalue weighted by Crippen LogP contribution is 2.06. The number of methoxy groups -OCH3 is 1. The highest BCUT2D eigenvalue weighted by molar-refractivity contribution is 14.0. The number of ether oxygens (including phenoxy) is 1. The number of guanidine groups is 1. The lowest BCUT2D eigenvalue weighted by atomic mass is 10.4. The molecule has 1 aliphatic heterocycles. The van der Waals surface area contributed by atoms with Gasteiger partial charge in [-0.15, -0.1) is 24.0 Å². The molecular weight excluding hydrogens is 355 g/mol. The van der Waals surface area contributed by atoms with Gasteiger partial charge in [-0.05, 0) is 45.3 Å². The molecule has 114 valence electrons. The zero-order valence-corrected chi connectivity index (χ0v) is 14.6. The van der Waals surface area contributed by atoms with Gasteiger partial charge in [0.05, 0.1) is 0 Å². The van der Waals surface area contributed by atoms with Gasteiger partial charge < -0.3 is 20.3 Å². The fraction of sp³-hybridized carbons (Fsp3) is 0.923. The molecule has 19 heavy (non-hydrogen) atoms. The molecule has 0 bridgehead atoms. The molecule has 1 rings (SSSR count). The van der Waals surface area contributed by atoms with Crippen molar-refractivity contribution in [2.75, 3.05) is 53.5 Å². The SMILES string of the molecule is CN=C(NCCCOC)NCCCN1CCCC1.I. The van der Waals surface area contributed by atoms with E-state index >= 15 is 0 Å². The Morgan fingerprint density at radius 1 is 1.16 bits per heavy atom. The second-order valence-corrected chi connectivity index (χ2v) is 4.67. The zero-order valence-electron chi connectivity index (χ0n) is 12.3. The van der Waals surface area contributed by atoms with Gasteiger partial charge in [-0.2, -0.15) is 0 Å². The average molecular weight is 384 g/mol. The minimum atomic E-state index is 0. The van der Waals surface area contributed by atoms with Crippen LogP contribution in [0.3, 0.4) is 0 Å². The lowest BCUT2D eigenvalue weighted by Crippen LogP contribution is -2.39.